The average Bonchev–Trinajstić information content (AvgIpc) is 2.35. The zero-order valence-corrected chi connectivity index (χ0v) is 13.0. The fourth-order valence-corrected chi connectivity index (χ4v) is 2.09. The van der Waals surface area contributed by atoms with Gasteiger partial charge in [-0.15, -0.1) is 0 Å². The Morgan fingerprint density at radius 2 is 2.05 bits per heavy atom. The molecule has 0 bridgehead atoms. The van der Waals surface area contributed by atoms with Crippen molar-refractivity contribution in [3.8, 4) is 0 Å². The summed E-state index contributed by atoms with van der Waals surface area (Å²) in [7, 11) is 0. The smallest absolute Gasteiger partial charge is 0.303 e. The van der Waals surface area contributed by atoms with Crippen molar-refractivity contribution in [2.75, 3.05) is 0 Å². The molecule has 4 nitrogen and oxygen atoms in total. The largest absolute Gasteiger partial charge is 0.481 e. The summed E-state index contributed by atoms with van der Waals surface area (Å²) in [6, 6.07) is 3.88. The standard InChI is InChI=1S/C15H19ClFNO3/c1-9(4-7-13(19)20)18-14(21)15(2,3)11-6-5-10(16)8-12(11)17/h5-6,8-9H,4,7H2,1-3H3,(H,18,21)(H,19,20). The molecule has 0 fully saturated rings. The first-order valence-electron chi connectivity index (χ1n) is 6.63. The number of benzene rings is 1. The Labute approximate surface area is 128 Å². The zero-order chi connectivity index (χ0) is 16.2. The second-order valence-corrected chi connectivity index (χ2v) is 5.99. The maximum atomic E-state index is 14.0. The Bertz CT molecular complexity index is 546. The number of hydrogen-bond donors (Lipinski definition) is 2. The lowest BCUT2D eigenvalue weighted by Crippen LogP contribution is -2.44. The first-order chi connectivity index (χ1) is 9.64. The van der Waals surface area contributed by atoms with Crippen molar-refractivity contribution in [3.63, 3.8) is 0 Å². The van der Waals surface area contributed by atoms with Crippen LogP contribution in [0.5, 0.6) is 0 Å². The van der Waals surface area contributed by atoms with Crippen LogP contribution in [0.4, 0.5) is 4.39 Å². The third-order valence-electron chi connectivity index (χ3n) is 3.34. The highest BCUT2D eigenvalue weighted by Gasteiger charge is 2.33. The highest BCUT2D eigenvalue weighted by molar-refractivity contribution is 6.30. The minimum absolute atomic E-state index is 0.0306. The van der Waals surface area contributed by atoms with Crippen molar-refractivity contribution >= 4 is 23.5 Å². The molecule has 21 heavy (non-hydrogen) atoms. The number of aliphatic carboxylic acids is 1. The summed E-state index contributed by atoms with van der Waals surface area (Å²) in [6.45, 7) is 4.94. The van der Waals surface area contributed by atoms with E-state index in [0.29, 0.717) is 6.42 Å². The monoisotopic (exact) mass is 315 g/mol. The third kappa shape index (κ3) is 4.70. The molecule has 0 heterocycles. The molecule has 1 atom stereocenters. The molecule has 1 aromatic rings. The highest BCUT2D eigenvalue weighted by Crippen LogP contribution is 2.28. The van der Waals surface area contributed by atoms with Gasteiger partial charge in [-0.3, -0.25) is 9.59 Å². The van der Waals surface area contributed by atoms with E-state index >= 15 is 0 Å². The summed E-state index contributed by atoms with van der Waals surface area (Å²) >= 11 is 5.71. The molecule has 0 aliphatic carbocycles. The molecule has 1 rings (SSSR count). The summed E-state index contributed by atoms with van der Waals surface area (Å²) in [6.07, 6.45) is 0.289. The van der Waals surface area contributed by atoms with Crippen LogP contribution in [0, 0.1) is 5.82 Å². The van der Waals surface area contributed by atoms with Crippen LogP contribution in [-0.4, -0.2) is 23.0 Å². The highest BCUT2D eigenvalue weighted by atomic mass is 35.5. The van der Waals surface area contributed by atoms with Gasteiger partial charge in [0.2, 0.25) is 5.91 Å². The van der Waals surface area contributed by atoms with Crippen LogP contribution in [0.1, 0.15) is 39.2 Å². The molecule has 0 saturated heterocycles. The SMILES string of the molecule is CC(CCC(=O)O)NC(=O)C(C)(C)c1ccc(Cl)cc1F. The summed E-state index contributed by atoms with van der Waals surface area (Å²) in [4.78, 5) is 22.8. The number of amides is 1. The second kappa shape index (κ2) is 6.89. The van der Waals surface area contributed by atoms with Crippen molar-refractivity contribution in [2.45, 2.75) is 45.1 Å². The zero-order valence-electron chi connectivity index (χ0n) is 12.2. The number of carboxylic acids is 1. The number of carbonyl (C=O) groups is 2. The van der Waals surface area contributed by atoms with E-state index in [1.54, 1.807) is 20.8 Å². The Balaban J connectivity index is 2.81. The molecule has 0 aliphatic heterocycles. The van der Waals surface area contributed by atoms with Gasteiger partial charge in [0.05, 0.1) is 5.41 Å². The third-order valence-corrected chi connectivity index (χ3v) is 3.58. The van der Waals surface area contributed by atoms with Crippen LogP contribution in [0.2, 0.25) is 5.02 Å². The van der Waals surface area contributed by atoms with Crippen LogP contribution in [0.3, 0.4) is 0 Å². The Hall–Kier alpha value is -1.62. The van der Waals surface area contributed by atoms with Gasteiger partial charge in [0.1, 0.15) is 5.82 Å². The number of carboxylic acid groups (broad SMARTS) is 1. The van der Waals surface area contributed by atoms with Crippen LogP contribution >= 0.6 is 11.6 Å². The van der Waals surface area contributed by atoms with Gasteiger partial charge < -0.3 is 10.4 Å². The molecule has 2 N–H and O–H groups in total. The quantitative estimate of drug-likeness (QED) is 0.847. The Kier molecular flexibility index (Phi) is 5.72. The molecule has 0 aromatic heterocycles. The van der Waals surface area contributed by atoms with Crippen molar-refractivity contribution in [1.82, 2.24) is 5.32 Å². The van der Waals surface area contributed by atoms with Gasteiger partial charge in [-0.25, -0.2) is 4.39 Å². The van der Waals surface area contributed by atoms with E-state index in [4.69, 9.17) is 16.7 Å². The molecule has 1 amide bonds. The van der Waals surface area contributed by atoms with E-state index in [-0.39, 0.29) is 29.0 Å². The van der Waals surface area contributed by atoms with Crippen molar-refractivity contribution in [3.05, 3.63) is 34.6 Å². The van der Waals surface area contributed by atoms with Gasteiger partial charge in [-0.05, 0) is 39.3 Å². The van der Waals surface area contributed by atoms with Gasteiger partial charge in [0.15, 0.2) is 0 Å². The van der Waals surface area contributed by atoms with Crippen LogP contribution in [0.25, 0.3) is 0 Å². The number of hydrogen-bond acceptors (Lipinski definition) is 2. The molecule has 0 spiro atoms. The number of carbonyl (C=O) groups excluding carboxylic acids is 1. The van der Waals surface area contributed by atoms with Gasteiger partial charge in [-0.2, -0.15) is 0 Å². The van der Waals surface area contributed by atoms with Crippen molar-refractivity contribution < 1.29 is 19.1 Å². The fourth-order valence-electron chi connectivity index (χ4n) is 1.94. The molecule has 0 radical (unpaired) electrons. The summed E-state index contributed by atoms with van der Waals surface area (Å²) in [5, 5.41) is 11.6. The maximum absolute atomic E-state index is 14.0. The number of rotatable bonds is 6. The van der Waals surface area contributed by atoms with E-state index in [2.05, 4.69) is 5.32 Å². The van der Waals surface area contributed by atoms with Gasteiger partial charge in [0.25, 0.3) is 0 Å². The van der Waals surface area contributed by atoms with Crippen LogP contribution in [0.15, 0.2) is 18.2 Å². The molecule has 1 aromatic carbocycles. The second-order valence-electron chi connectivity index (χ2n) is 5.56. The minimum Gasteiger partial charge on any atom is -0.481 e. The average molecular weight is 316 g/mol. The molecule has 1 unspecified atom stereocenters. The maximum Gasteiger partial charge on any atom is 0.303 e. The first kappa shape index (κ1) is 17.4. The Morgan fingerprint density at radius 1 is 1.43 bits per heavy atom. The van der Waals surface area contributed by atoms with Crippen LogP contribution < -0.4 is 5.32 Å². The van der Waals surface area contributed by atoms with E-state index in [1.165, 1.54) is 18.2 Å². The van der Waals surface area contributed by atoms with Crippen LogP contribution in [-0.2, 0) is 15.0 Å². The topological polar surface area (TPSA) is 66.4 Å². The van der Waals surface area contributed by atoms with E-state index < -0.39 is 17.2 Å². The van der Waals surface area contributed by atoms with E-state index in [1.807, 2.05) is 0 Å². The molecular weight excluding hydrogens is 297 g/mol. The molecular formula is C15H19ClFNO3. The van der Waals surface area contributed by atoms with Gasteiger partial charge in [0, 0.05) is 23.0 Å². The summed E-state index contributed by atoms with van der Waals surface area (Å²) in [5.41, 5.74) is -0.832. The summed E-state index contributed by atoms with van der Waals surface area (Å²) in [5.74, 6) is -1.82. The van der Waals surface area contributed by atoms with E-state index in [9.17, 15) is 14.0 Å². The van der Waals surface area contributed by atoms with Crippen molar-refractivity contribution in [2.24, 2.45) is 0 Å². The minimum atomic E-state index is -1.08. The van der Waals surface area contributed by atoms with Gasteiger partial charge >= 0.3 is 5.97 Å². The lowest BCUT2D eigenvalue weighted by Gasteiger charge is -2.27. The Morgan fingerprint density at radius 3 is 2.57 bits per heavy atom. The normalized spacial score (nSPS) is 12.8. The molecule has 6 heteroatoms. The van der Waals surface area contributed by atoms with Gasteiger partial charge in [-0.1, -0.05) is 17.7 Å². The first-order valence-corrected chi connectivity index (χ1v) is 7.00. The molecule has 0 aliphatic rings. The fraction of sp³-hybridized carbons (Fsp3) is 0.467. The van der Waals surface area contributed by atoms with Crippen molar-refractivity contribution in [1.29, 1.82) is 0 Å². The number of halogens is 2. The number of nitrogens with one attached hydrogen (secondary N) is 1. The lowest BCUT2D eigenvalue weighted by atomic mass is 9.83. The predicted octanol–water partition coefficient (Wildman–Crippen LogP) is 3.13. The molecule has 116 valence electrons. The van der Waals surface area contributed by atoms with E-state index in [0.717, 1.165) is 0 Å². The lowest BCUT2D eigenvalue weighted by molar-refractivity contribution is -0.137. The molecule has 0 saturated carbocycles. The summed E-state index contributed by atoms with van der Waals surface area (Å²) < 4.78 is 14.0. The predicted molar refractivity (Wildman–Crippen MR) is 78.9 cm³/mol.